The number of ether oxygens (including phenoxy) is 2. The minimum Gasteiger partial charge on any atom is -0.464 e. The summed E-state index contributed by atoms with van der Waals surface area (Å²) in [5, 5.41) is 2.81. The van der Waals surface area contributed by atoms with Gasteiger partial charge in [-0.25, -0.2) is 14.8 Å². The molecular weight excluding hydrogens is 494 g/mol. The fraction of sp³-hybridized carbons (Fsp3) is 0.357. The molecule has 38 heavy (non-hydrogen) atoms. The SMILES string of the molecule is COC(=O)c1ccc(CN2CC(C(=O)Nc3ccc(C)nc3OC(F)F)(c3ccccc3C(C)C)C2)cn1. The van der Waals surface area contributed by atoms with Gasteiger partial charge < -0.3 is 14.8 Å². The lowest BCUT2D eigenvalue weighted by atomic mass is 9.69. The van der Waals surface area contributed by atoms with Gasteiger partial charge in [-0.2, -0.15) is 8.78 Å². The number of rotatable bonds is 9. The molecule has 0 unspecified atom stereocenters. The maximum Gasteiger partial charge on any atom is 0.388 e. The van der Waals surface area contributed by atoms with Crippen LogP contribution in [0, 0.1) is 6.92 Å². The molecule has 1 aromatic carbocycles. The summed E-state index contributed by atoms with van der Waals surface area (Å²) < 4.78 is 35.3. The summed E-state index contributed by atoms with van der Waals surface area (Å²) in [6, 6.07) is 14.3. The van der Waals surface area contributed by atoms with Crippen LogP contribution in [-0.2, 0) is 21.5 Å². The molecule has 0 spiro atoms. The molecule has 4 rings (SSSR count). The van der Waals surface area contributed by atoms with E-state index in [-0.39, 0.29) is 29.1 Å². The maximum atomic E-state index is 13.9. The van der Waals surface area contributed by atoms with Gasteiger partial charge in [0.05, 0.1) is 12.5 Å². The number of benzene rings is 1. The molecule has 0 radical (unpaired) electrons. The van der Waals surface area contributed by atoms with Crippen LogP contribution in [0.5, 0.6) is 5.88 Å². The topological polar surface area (TPSA) is 93.7 Å². The molecule has 1 amide bonds. The Bertz CT molecular complexity index is 1310. The molecule has 1 saturated heterocycles. The van der Waals surface area contributed by atoms with Gasteiger partial charge in [-0.3, -0.25) is 9.69 Å². The Morgan fingerprint density at radius 2 is 1.84 bits per heavy atom. The van der Waals surface area contributed by atoms with Crippen molar-refractivity contribution in [1.82, 2.24) is 14.9 Å². The van der Waals surface area contributed by atoms with Gasteiger partial charge in [0.15, 0.2) is 0 Å². The van der Waals surface area contributed by atoms with Crippen LogP contribution in [-0.4, -0.2) is 53.6 Å². The van der Waals surface area contributed by atoms with Gasteiger partial charge in [0.1, 0.15) is 11.4 Å². The highest BCUT2D eigenvalue weighted by atomic mass is 19.3. The Morgan fingerprint density at radius 3 is 2.47 bits per heavy atom. The highest BCUT2D eigenvalue weighted by Crippen LogP contribution is 2.41. The number of nitrogens with zero attached hydrogens (tertiary/aromatic N) is 3. The minimum absolute atomic E-state index is 0.0864. The average molecular weight is 525 g/mol. The first kappa shape index (κ1) is 27.1. The number of likely N-dealkylation sites (tertiary alicyclic amines) is 1. The average Bonchev–Trinajstić information content (AvgIpc) is 2.87. The predicted octanol–water partition coefficient (Wildman–Crippen LogP) is 4.69. The van der Waals surface area contributed by atoms with E-state index in [9.17, 15) is 18.4 Å². The van der Waals surface area contributed by atoms with Crippen molar-refractivity contribution in [2.75, 3.05) is 25.5 Å². The number of halogens is 2. The third-order valence-corrected chi connectivity index (χ3v) is 6.59. The van der Waals surface area contributed by atoms with Crippen LogP contribution in [0.1, 0.15) is 52.6 Å². The lowest BCUT2D eigenvalue weighted by Gasteiger charge is -2.50. The summed E-state index contributed by atoms with van der Waals surface area (Å²) in [7, 11) is 1.30. The molecule has 0 aliphatic carbocycles. The van der Waals surface area contributed by atoms with E-state index in [0.29, 0.717) is 25.3 Å². The number of aromatic nitrogens is 2. The number of aryl methyl sites for hydroxylation is 1. The zero-order valence-corrected chi connectivity index (χ0v) is 21.7. The van der Waals surface area contributed by atoms with Crippen molar-refractivity contribution in [3.8, 4) is 5.88 Å². The van der Waals surface area contributed by atoms with Crippen molar-refractivity contribution in [1.29, 1.82) is 0 Å². The Kier molecular flexibility index (Phi) is 8.01. The number of pyridine rings is 2. The van der Waals surface area contributed by atoms with E-state index in [4.69, 9.17) is 4.74 Å². The van der Waals surface area contributed by atoms with E-state index in [2.05, 4.69) is 38.8 Å². The smallest absolute Gasteiger partial charge is 0.388 e. The van der Waals surface area contributed by atoms with E-state index in [1.807, 2.05) is 24.3 Å². The maximum absolute atomic E-state index is 13.9. The summed E-state index contributed by atoms with van der Waals surface area (Å²) in [5.74, 6) is -1.000. The van der Waals surface area contributed by atoms with Crippen molar-refractivity contribution >= 4 is 17.6 Å². The molecule has 2 aromatic heterocycles. The third-order valence-electron chi connectivity index (χ3n) is 6.59. The molecule has 0 saturated carbocycles. The lowest BCUT2D eigenvalue weighted by Crippen LogP contribution is -2.64. The van der Waals surface area contributed by atoms with Crippen molar-refractivity contribution in [3.05, 3.63) is 82.8 Å². The fourth-order valence-electron chi connectivity index (χ4n) is 4.75. The van der Waals surface area contributed by atoms with Gasteiger partial charge in [-0.05, 0) is 47.7 Å². The van der Waals surface area contributed by atoms with Gasteiger partial charge in [-0.15, -0.1) is 0 Å². The molecule has 1 aliphatic rings. The third kappa shape index (κ3) is 5.65. The number of carbonyl (C=O) groups excluding carboxylic acids is 2. The van der Waals surface area contributed by atoms with Crippen molar-refractivity contribution in [2.24, 2.45) is 0 Å². The zero-order valence-electron chi connectivity index (χ0n) is 21.7. The second-order valence-corrected chi connectivity index (χ2v) is 9.65. The summed E-state index contributed by atoms with van der Waals surface area (Å²) in [4.78, 5) is 35.9. The van der Waals surface area contributed by atoms with Crippen molar-refractivity contribution in [2.45, 2.75) is 45.3 Å². The lowest BCUT2D eigenvalue weighted by molar-refractivity contribution is -0.128. The summed E-state index contributed by atoms with van der Waals surface area (Å²) in [6.07, 6.45) is 1.61. The Hall–Kier alpha value is -3.92. The van der Waals surface area contributed by atoms with Crippen LogP contribution in [0.4, 0.5) is 14.5 Å². The number of carbonyl (C=O) groups is 2. The second kappa shape index (κ2) is 11.2. The molecule has 1 aliphatic heterocycles. The van der Waals surface area contributed by atoms with E-state index in [1.54, 1.807) is 31.3 Å². The highest BCUT2D eigenvalue weighted by Gasteiger charge is 2.51. The van der Waals surface area contributed by atoms with Gasteiger partial charge in [0.2, 0.25) is 11.8 Å². The van der Waals surface area contributed by atoms with Crippen molar-refractivity contribution in [3.63, 3.8) is 0 Å². The summed E-state index contributed by atoms with van der Waals surface area (Å²) in [6.45, 7) is 4.01. The molecule has 8 nitrogen and oxygen atoms in total. The summed E-state index contributed by atoms with van der Waals surface area (Å²) >= 11 is 0. The predicted molar refractivity (Wildman–Crippen MR) is 137 cm³/mol. The number of hydrogen-bond acceptors (Lipinski definition) is 7. The van der Waals surface area contributed by atoms with E-state index >= 15 is 0 Å². The first-order valence-electron chi connectivity index (χ1n) is 12.2. The molecule has 200 valence electrons. The molecule has 0 bridgehead atoms. The van der Waals surface area contributed by atoms with Crippen LogP contribution in [0.25, 0.3) is 0 Å². The number of esters is 1. The molecule has 1 N–H and O–H groups in total. The summed E-state index contributed by atoms with van der Waals surface area (Å²) in [5.41, 5.74) is 2.67. The molecular formula is C28H30F2N4O4. The highest BCUT2D eigenvalue weighted by molar-refractivity contribution is 6.01. The van der Waals surface area contributed by atoms with Gasteiger partial charge in [0.25, 0.3) is 0 Å². The van der Waals surface area contributed by atoms with Gasteiger partial charge in [-0.1, -0.05) is 44.2 Å². The normalized spacial score (nSPS) is 14.7. The molecule has 1 fully saturated rings. The monoisotopic (exact) mass is 524 g/mol. The molecule has 10 heteroatoms. The van der Waals surface area contributed by atoms with Crippen LogP contribution in [0.2, 0.25) is 0 Å². The fourth-order valence-corrected chi connectivity index (χ4v) is 4.75. The molecule has 3 aromatic rings. The zero-order chi connectivity index (χ0) is 27.4. The first-order valence-corrected chi connectivity index (χ1v) is 12.2. The largest absolute Gasteiger partial charge is 0.464 e. The quantitative estimate of drug-likeness (QED) is 0.406. The van der Waals surface area contributed by atoms with Gasteiger partial charge >= 0.3 is 12.6 Å². The van der Waals surface area contributed by atoms with Crippen LogP contribution in [0.15, 0.2) is 54.7 Å². The molecule has 3 heterocycles. The minimum atomic E-state index is -3.08. The molecule has 0 atom stereocenters. The Morgan fingerprint density at radius 1 is 1.11 bits per heavy atom. The second-order valence-electron chi connectivity index (χ2n) is 9.65. The van der Waals surface area contributed by atoms with E-state index < -0.39 is 18.0 Å². The number of anilines is 1. The van der Waals surface area contributed by atoms with Gasteiger partial charge in [0, 0.05) is 31.5 Å². The standard InChI is InChI=1S/C28H30F2N4O4/c1-17(2)20-7-5-6-8-21(20)28(26(36)33-22-11-9-18(3)32-24(22)38-27(29)30)15-34(16-28)14-19-10-12-23(31-13-19)25(35)37-4/h5-13,17,27H,14-16H2,1-4H3,(H,33,36). The van der Waals surface area contributed by atoms with Crippen LogP contribution in [0.3, 0.4) is 0 Å². The Labute approximate surface area is 220 Å². The number of nitrogens with one attached hydrogen (secondary N) is 1. The van der Waals surface area contributed by atoms with Crippen LogP contribution < -0.4 is 10.1 Å². The number of methoxy groups -OCH3 is 1. The van der Waals surface area contributed by atoms with Crippen molar-refractivity contribution < 1.29 is 27.8 Å². The first-order chi connectivity index (χ1) is 18.1. The van der Waals surface area contributed by atoms with Crippen LogP contribution >= 0.6 is 0 Å². The van der Waals surface area contributed by atoms with E-state index in [0.717, 1.165) is 16.7 Å². The number of alkyl halides is 2. The van der Waals surface area contributed by atoms with E-state index in [1.165, 1.54) is 13.2 Å². The number of amides is 1. The Balaban J connectivity index is 1.61. The number of hydrogen-bond donors (Lipinski definition) is 1.